The molecule has 1 N–H and O–H groups in total. The van der Waals surface area contributed by atoms with Crippen LogP contribution in [0, 0.1) is 17.8 Å². The molecule has 0 aliphatic heterocycles. The number of ketones is 1. The van der Waals surface area contributed by atoms with Crippen molar-refractivity contribution in [3.8, 4) is 5.75 Å². The molecule has 3 atom stereocenters. The Morgan fingerprint density at radius 2 is 1.73 bits per heavy atom. The van der Waals surface area contributed by atoms with Crippen molar-refractivity contribution in [3.05, 3.63) is 99.3 Å². The average molecular weight is 624 g/mol. The van der Waals surface area contributed by atoms with E-state index in [4.69, 9.17) is 9.47 Å². The van der Waals surface area contributed by atoms with Gasteiger partial charge in [0, 0.05) is 11.5 Å². The molecule has 1 aliphatic rings. The summed E-state index contributed by atoms with van der Waals surface area (Å²) in [5, 5.41) is 17.4. The maximum atomic E-state index is 13.4. The van der Waals surface area contributed by atoms with Gasteiger partial charge in [-0.05, 0) is 72.4 Å². The molecule has 0 amide bonds. The quantitative estimate of drug-likeness (QED) is 0.197. The highest BCUT2D eigenvalue weighted by Gasteiger charge is 2.45. The van der Waals surface area contributed by atoms with Crippen LogP contribution in [-0.2, 0) is 40.1 Å². The second-order valence-corrected chi connectivity index (χ2v) is 10.9. The Kier molecular flexibility index (Phi) is 8.98. The molecule has 4 aromatic rings. The monoisotopic (exact) mass is 623 g/mol. The Balaban J connectivity index is 1.27. The number of nitrogens with zero attached hydrogens (tertiary/aromatic N) is 3. The van der Waals surface area contributed by atoms with E-state index in [1.807, 2.05) is 12.1 Å². The molecule has 5 rings (SSSR count). The number of hydrogen-bond acceptors (Lipinski definition) is 8. The minimum atomic E-state index is -4.66. The number of Topliss-reactive ketones (excluding diaryl/α,β-unsaturated/α-hetero) is 1. The van der Waals surface area contributed by atoms with Gasteiger partial charge < -0.3 is 14.6 Å². The predicted octanol–water partition coefficient (Wildman–Crippen LogP) is 4.71. The first-order valence-electron chi connectivity index (χ1n) is 14.0. The molecule has 1 saturated carbocycles. The summed E-state index contributed by atoms with van der Waals surface area (Å²) in [6, 6.07) is 16.2. The lowest BCUT2D eigenvalue weighted by Gasteiger charge is -2.20. The van der Waals surface area contributed by atoms with Gasteiger partial charge in [-0.25, -0.2) is 4.68 Å². The zero-order chi connectivity index (χ0) is 32.3. The van der Waals surface area contributed by atoms with E-state index in [0.717, 1.165) is 27.9 Å². The molecule has 1 fully saturated rings. The normalized spacial score (nSPS) is 18.1. The lowest BCUT2D eigenvalue weighted by Crippen LogP contribution is -2.34. The van der Waals surface area contributed by atoms with E-state index in [9.17, 15) is 37.5 Å². The number of fused-ring (bicyclic) bond motifs is 1. The van der Waals surface area contributed by atoms with E-state index in [1.165, 1.54) is 7.11 Å². The number of aromatic nitrogens is 3. The molecular weight excluding hydrogens is 595 g/mol. The predicted molar refractivity (Wildman–Crippen MR) is 153 cm³/mol. The molecule has 1 aromatic heterocycles. The van der Waals surface area contributed by atoms with Gasteiger partial charge in [0.2, 0.25) is 0 Å². The van der Waals surface area contributed by atoms with Crippen molar-refractivity contribution in [2.24, 2.45) is 17.8 Å². The van der Waals surface area contributed by atoms with Crippen LogP contribution in [0.2, 0.25) is 0 Å². The number of alkyl halides is 3. The third-order valence-electron chi connectivity index (χ3n) is 7.98. The first kappa shape index (κ1) is 31.4. The van der Waals surface area contributed by atoms with Crippen molar-refractivity contribution in [1.82, 2.24) is 15.0 Å². The van der Waals surface area contributed by atoms with E-state index < -0.39 is 41.0 Å². The Morgan fingerprint density at radius 3 is 2.42 bits per heavy atom. The highest BCUT2D eigenvalue weighted by Crippen LogP contribution is 2.40. The minimum Gasteiger partial charge on any atom is -0.489 e. The van der Waals surface area contributed by atoms with Gasteiger partial charge in [0.15, 0.2) is 5.78 Å². The van der Waals surface area contributed by atoms with Crippen LogP contribution in [-0.4, -0.2) is 44.9 Å². The number of aliphatic carboxylic acids is 1. The topological polar surface area (TPSA) is 138 Å². The van der Waals surface area contributed by atoms with Crippen LogP contribution < -0.4 is 10.3 Å². The van der Waals surface area contributed by atoms with Crippen molar-refractivity contribution in [2.75, 3.05) is 7.11 Å². The number of halogens is 3. The average Bonchev–Trinajstić information content (AvgIpc) is 3.45. The molecule has 0 unspecified atom stereocenters. The maximum absolute atomic E-state index is 13.4. The third-order valence-corrected chi connectivity index (χ3v) is 7.98. The fourth-order valence-electron chi connectivity index (χ4n) is 5.71. The molecule has 0 saturated heterocycles. The van der Waals surface area contributed by atoms with Gasteiger partial charge in [0.1, 0.15) is 17.9 Å². The molecule has 3 aromatic carbocycles. The Bertz CT molecular complexity index is 1800. The molecule has 45 heavy (non-hydrogen) atoms. The molecule has 1 heterocycles. The molecule has 13 heteroatoms. The number of ether oxygens (including phenoxy) is 2. The lowest BCUT2D eigenvalue weighted by atomic mass is 9.84. The Morgan fingerprint density at radius 1 is 1.00 bits per heavy atom. The van der Waals surface area contributed by atoms with Crippen LogP contribution >= 0.6 is 0 Å². The second-order valence-electron chi connectivity index (χ2n) is 10.9. The van der Waals surface area contributed by atoms with Crippen molar-refractivity contribution >= 4 is 28.6 Å². The number of hydrogen-bond donors (Lipinski definition) is 1. The Hall–Kier alpha value is -5.07. The molecule has 1 aliphatic carbocycles. The van der Waals surface area contributed by atoms with Crippen LogP contribution in [0.15, 0.2) is 71.5 Å². The van der Waals surface area contributed by atoms with E-state index in [-0.39, 0.29) is 48.6 Å². The fourth-order valence-corrected chi connectivity index (χ4v) is 5.71. The number of carboxylic acid groups (broad SMARTS) is 1. The maximum Gasteiger partial charge on any atom is 0.416 e. The van der Waals surface area contributed by atoms with Crippen molar-refractivity contribution < 1.29 is 42.1 Å². The van der Waals surface area contributed by atoms with Gasteiger partial charge in [-0.15, -0.1) is 5.10 Å². The SMILES string of the molecule is COC(=O)Cc1cccc(COc2ccc(C(=O)[C@H]3CC[C@@H](Cn4nnc5ccc(C(F)(F)F)cc5c4=O)[C@@H]3C(=O)O)cc2)c1. The number of carbonyl (C=O) groups is 3. The van der Waals surface area contributed by atoms with E-state index >= 15 is 0 Å². The van der Waals surface area contributed by atoms with Crippen LogP contribution in [0.1, 0.15) is 39.9 Å². The molecule has 10 nitrogen and oxygen atoms in total. The lowest BCUT2D eigenvalue weighted by molar-refractivity contribution is -0.144. The van der Waals surface area contributed by atoms with Gasteiger partial charge >= 0.3 is 18.1 Å². The largest absolute Gasteiger partial charge is 0.489 e. The second kappa shape index (κ2) is 12.9. The highest BCUT2D eigenvalue weighted by molar-refractivity contribution is 6.00. The number of carbonyl (C=O) groups excluding carboxylic acids is 2. The van der Waals surface area contributed by atoms with Crippen LogP contribution in [0.3, 0.4) is 0 Å². The minimum absolute atomic E-state index is 0.0157. The van der Waals surface area contributed by atoms with E-state index in [1.54, 1.807) is 36.4 Å². The summed E-state index contributed by atoms with van der Waals surface area (Å²) in [5.74, 6) is -4.16. The smallest absolute Gasteiger partial charge is 0.416 e. The number of rotatable bonds is 10. The summed E-state index contributed by atoms with van der Waals surface area (Å²) in [7, 11) is 1.32. The molecular formula is C32H28F3N3O7. The van der Waals surface area contributed by atoms with Gasteiger partial charge in [-0.1, -0.05) is 29.5 Å². The summed E-state index contributed by atoms with van der Waals surface area (Å²) in [4.78, 5) is 50.3. The standard InChI is InChI=1S/C32H28F3N3O7/c1-44-27(39)14-18-3-2-4-19(13-18)17-45-23-9-5-20(6-10-23)29(40)24-11-7-21(28(24)31(42)43)16-38-30(41)25-15-22(32(33,34)35)8-12-26(25)36-37-38/h2-6,8-10,12-13,15,21,24,28H,7,11,14,16-17H2,1H3,(H,42,43)/t21-,24-,28-/m0/s1. The first-order chi connectivity index (χ1) is 21.4. The van der Waals surface area contributed by atoms with Crippen molar-refractivity contribution in [3.63, 3.8) is 0 Å². The molecule has 234 valence electrons. The van der Waals surface area contributed by atoms with E-state index in [0.29, 0.717) is 23.8 Å². The zero-order valence-corrected chi connectivity index (χ0v) is 24.0. The summed E-state index contributed by atoms with van der Waals surface area (Å²) >= 11 is 0. The Labute approximate surface area is 254 Å². The van der Waals surface area contributed by atoms with E-state index in [2.05, 4.69) is 10.3 Å². The van der Waals surface area contributed by atoms with Gasteiger partial charge in [-0.2, -0.15) is 13.2 Å². The number of carboxylic acids is 1. The number of benzene rings is 3. The summed E-state index contributed by atoms with van der Waals surface area (Å²) in [5.41, 5.74) is 0.0482. The van der Waals surface area contributed by atoms with Gasteiger partial charge in [0.25, 0.3) is 5.56 Å². The van der Waals surface area contributed by atoms with Crippen molar-refractivity contribution in [2.45, 2.75) is 38.6 Å². The first-order valence-corrected chi connectivity index (χ1v) is 14.0. The highest BCUT2D eigenvalue weighted by atomic mass is 19.4. The van der Waals surface area contributed by atoms with Gasteiger partial charge in [0.05, 0.1) is 36.9 Å². The fraction of sp³-hybridized carbons (Fsp3) is 0.312. The van der Waals surface area contributed by atoms with Crippen LogP contribution in [0.4, 0.5) is 13.2 Å². The third kappa shape index (κ3) is 7.03. The van der Waals surface area contributed by atoms with Crippen LogP contribution in [0.25, 0.3) is 10.9 Å². The summed E-state index contributed by atoms with van der Waals surface area (Å²) in [6.45, 7) is -0.00533. The molecule has 0 spiro atoms. The number of methoxy groups -OCH3 is 1. The number of esters is 1. The zero-order valence-electron chi connectivity index (χ0n) is 24.0. The summed E-state index contributed by atoms with van der Waals surface area (Å²) in [6.07, 6.45) is -3.99. The molecule has 0 bridgehead atoms. The molecule has 0 radical (unpaired) electrons. The van der Waals surface area contributed by atoms with Crippen molar-refractivity contribution in [1.29, 1.82) is 0 Å². The van der Waals surface area contributed by atoms with Crippen LogP contribution in [0.5, 0.6) is 5.75 Å². The summed E-state index contributed by atoms with van der Waals surface area (Å²) < 4.78 is 51.0. The van der Waals surface area contributed by atoms with Gasteiger partial charge in [-0.3, -0.25) is 19.2 Å².